The van der Waals surface area contributed by atoms with E-state index in [0.717, 1.165) is 58.0 Å². The molecule has 1 aromatic carbocycles. The van der Waals surface area contributed by atoms with E-state index >= 15 is 0 Å². The third-order valence-electron chi connectivity index (χ3n) is 5.84. The van der Waals surface area contributed by atoms with Gasteiger partial charge in [-0.3, -0.25) is 4.79 Å². The molecule has 1 aromatic rings. The number of aryl methyl sites for hydroxylation is 1. The lowest BCUT2D eigenvalue weighted by Crippen LogP contribution is -2.52. The van der Waals surface area contributed by atoms with Gasteiger partial charge in [0.15, 0.2) is 0 Å². The molecule has 4 heteroatoms. The van der Waals surface area contributed by atoms with E-state index in [2.05, 4.69) is 34.9 Å². The first-order valence-electron chi connectivity index (χ1n) is 9.94. The predicted molar refractivity (Wildman–Crippen MR) is 100 cm³/mol. The Balaban J connectivity index is 1.41. The number of carbonyl (C=O) groups is 1. The van der Waals surface area contributed by atoms with Crippen molar-refractivity contribution in [3.8, 4) is 0 Å². The average molecular weight is 344 g/mol. The Morgan fingerprint density at radius 2 is 1.84 bits per heavy atom. The smallest absolute Gasteiger partial charge is 0.220 e. The molecule has 4 nitrogen and oxygen atoms in total. The topological polar surface area (TPSA) is 61.4 Å². The van der Waals surface area contributed by atoms with Gasteiger partial charge in [0.2, 0.25) is 5.91 Å². The molecule has 1 saturated carbocycles. The van der Waals surface area contributed by atoms with Gasteiger partial charge in [0, 0.05) is 12.5 Å². The van der Waals surface area contributed by atoms with Crippen molar-refractivity contribution in [2.75, 3.05) is 13.1 Å². The van der Waals surface area contributed by atoms with E-state index in [1.807, 2.05) is 6.07 Å². The maximum atomic E-state index is 12.4. The minimum absolute atomic E-state index is 0.156. The molecule has 138 valence electrons. The van der Waals surface area contributed by atoms with E-state index in [4.69, 9.17) is 0 Å². The Labute approximate surface area is 151 Å². The van der Waals surface area contributed by atoms with Crippen molar-refractivity contribution in [2.45, 2.75) is 63.5 Å². The number of piperidine rings is 1. The fourth-order valence-electron chi connectivity index (χ4n) is 4.26. The van der Waals surface area contributed by atoms with E-state index < -0.39 is 0 Å². The third kappa shape index (κ3) is 5.55. The summed E-state index contributed by atoms with van der Waals surface area (Å²) in [6.07, 6.45) is 7.45. The van der Waals surface area contributed by atoms with E-state index in [9.17, 15) is 9.90 Å². The summed E-state index contributed by atoms with van der Waals surface area (Å²) in [4.78, 5) is 12.4. The third-order valence-corrected chi connectivity index (χ3v) is 5.84. The highest BCUT2D eigenvalue weighted by molar-refractivity contribution is 5.76. The van der Waals surface area contributed by atoms with Crippen molar-refractivity contribution in [1.82, 2.24) is 10.6 Å². The van der Waals surface area contributed by atoms with Gasteiger partial charge in [-0.2, -0.15) is 0 Å². The highest BCUT2D eigenvalue weighted by Gasteiger charge is 2.38. The maximum Gasteiger partial charge on any atom is 0.220 e. The lowest BCUT2D eigenvalue weighted by Gasteiger charge is -2.43. The monoisotopic (exact) mass is 344 g/mol. The summed E-state index contributed by atoms with van der Waals surface area (Å²) in [5.74, 6) is 1.22. The molecule has 1 aliphatic carbocycles. The average Bonchev–Trinajstić information content (AvgIpc) is 2.63. The van der Waals surface area contributed by atoms with Gasteiger partial charge in [-0.25, -0.2) is 0 Å². The minimum Gasteiger partial charge on any atom is -0.393 e. The van der Waals surface area contributed by atoms with Crippen LogP contribution in [0.3, 0.4) is 0 Å². The van der Waals surface area contributed by atoms with Crippen LogP contribution in [0.4, 0.5) is 0 Å². The zero-order valence-electron chi connectivity index (χ0n) is 15.1. The van der Waals surface area contributed by atoms with Gasteiger partial charge in [-0.1, -0.05) is 30.3 Å². The fourth-order valence-corrected chi connectivity index (χ4v) is 4.26. The SMILES string of the molecule is O=C(CCCCc1ccccc1)NC(C1CCNCC1)C1CC(O)C1. The summed E-state index contributed by atoms with van der Waals surface area (Å²) in [5, 5.41) is 16.4. The van der Waals surface area contributed by atoms with Crippen molar-refractivity contribution < 1.29 is 9.90 Å². The summed E-state index contributed by atoms with van der Waals surface area (Å²) in [5.41, 5.74) is 1.35. The van der Waals surface area contributed by atoms with Gasteiger partial charge >= 0.3 is 0 Å². The molecule has 0 radical (unpaired) electrons. The predicted octanol–water partition coefficient (Wildman–Crippen LogP) is 2.65. The van der Waals surface area contributed by atoms with Crippen molar-refractivity contribution in [3.05, 3.63) is 35.9 Å². The maximum absolute atomic E-state index is 12.4. The summed E-state index contributed by atoms with van der Waals surface area (Å²) >= 11 is 0. The van der Waals surface area contributed by atoms with Crippen molar-refractivity contribution in [2.24, 2.45) is 11.8 Å². The molecule has 1 atom stereocenters. The molecule has 3 N–H and O–H groups in total. The minimum atomic E-state index is -0.156. The first-order valence-corrected chi connectivity index (χ1v) is 9.94. The van der Waals surface area contributed by atoms with Gasteiger partial charge in [-0.15, -0.1) is 0 Å². The Morgan fingerprint density at radius 1 is 1.12 bits per heavy atom. The van der Waals surface area contributed by atoms with Gasteiger partial charge in [0.05, 0.1) is 6.10 Å². The van der Waals surface area contributed by atoms with Gasteiger partial charge in [0.1, 0.15) is 0 Å². The highest BCUT2D eigenvalue weighted by atomic mass is 16.3. The number of benzene rings is 1. The number of unbranched alkanes of at least 4 members (excludes halogenated alkanes) is 1. The van der Waals surface area contributed by atoms with Crippen LogP contribution < -0.4 is 10.6 Å². The zero-order chi connectivity index (χ0) is 17.5. The summed E-state index contributed by atoms with van der Waals surface area (Å²) < 4.78 is 0. The molecule has 2 aliphatic rings. The number of carbonyl (C=O) groups excluding carboxylic acids is 1. The van der Waals surface area contributed by atoms with Crippen LogP contribution in [0.15, 0.2) is 30.3 Å². The molecule has 1 unspecified atom stereocenters. The van der Waals surface area contributed by atoms with Crippen LogP contribution in [0.2, 0.25) is 0 Å². The number of nitrogens with one attached hydrogen (secondary N) is 2. The van der Waals surface area contributed by atoms with Crippen LogP contribution in [0.25, 0.3) is 0 Å². The first kappa shape index (κ1) is 18.4. The van der Waals surface area contributed by atoms with Crippen molar-refractivity contribution in [3.63, 3.8) is 0 Å². The highest BCUT2D eigenvalue weighted by Crippen LogP contribution is 2.35. The van der Waals surface area contributed by atoms with E-state index in [-0.39, 0.29) is 18.1 Å². The summed E-state index contributed by atoms with van der Waals surface area (Å²) in [6, 6.07) is 10.7. The molecule has 1 aliphatic heterocycles. The van der Waals surface area contributed by atoms with Crippen molar-refractivity contribution >= 4 is 5.91 Å². The molecule has 2 fully saturated rings. The number of amides is 1. The molecule has 0 aromatic heterocycles. The standard InChI is InChI=1S/C21H32N2O2/c24-19-14-18(15-19)21(17-10-12-22-13-11-17)23-20(25)9-5-4-8-16-6-2-1-3-7-16/h1-3,6-7,17-19,21-22,24H,4-5,8-15H2,(H,23,25). The molecule has 1 heterocycles. The van der Waals surface area contributed by atoms with Crippen LogP contribution in [-0.4, -0.2) is 36.2 Å². The molecule has 0 spiro atoms. The quantitative estimate of drug-likeness (QED) is 0.636. The number of aliphatic hydroxyl groups is 1. The molecule has 3 rings (SSSR count). The number of rotatable bonds is 8. The molecular formula is C21H32N2O2. The molecular weight excluding hydrogens is 312 g/mol. The van der Waals surface area contributed by atoms with Crippen LogP contribution in [-0.2, 0) is 11.2 Å². The fraction of sp³-hybridized carbons (Fsp3) is 0.667. The van der Waals surface area contributed by atoms with Crippen LogP contribution in [0.1, 0.15) is 50.5 Å². The Kier molecular flexibility index (Phi) is 6.88. The van der Waals surface area contributed by atoms with Crippen LogP contribution >= 0.6 is 0 Å². The van der Waals surface area contributed by atoms with Crippen LogP contribution in [0.5, 0.6) is 0 Å². The van der Waals surface area contributed by atoms with Gasteiger partial charge < -0.3 is 15.7 Å². The molecule has 0 bridgehead atoms. The zero-order valence-corrected chi connectivity index (χ0v) is 15.1. The molecule has 1 saturated heterocycles. The lowest BCUT2D eigenvalue weighted by molar-refractivity contribution is -0.123. The molecule has 1 amide bonds. The van der Waals surface area contributed by atoms with Gasteiger partial charge in [0.25, 0.3) is 0 Å². The first-order chi connectivity index (χ1) is 12.2. The Bertz CT molecular complexity index is 522. The second kappa shape index (κ2) is 9.35. The van der Waals surface area contributed by atoms with Gasteiger partial charge in [-0.05, 0) is 75.4 Å². The van der Waals surface area contributed by atoms with Crippen LogP contribution in [0, 0.1) is 11.8 Å². The number of aliphatic hydroxyl groups excluding tert-OH is 1. The Morgan fingerprint density at radius 3 is 2.52 bits per heavy atom. The second-order valence-electron chi connectivity index (χ2n) is 7.76. The van der Waals surface area contributed by atoms with Crippen molar-refractivity contribution in [1.29, 1.82) is 0 Å². The lowest BCUT2D eigenvalue weighted by atomic mass is 9.71. The normalized spacial score (nSPS) is 25.2. The van der Waals surface area contributed by atoms with E-state index in [0.29, 0.717) is 18.3 Å². The Hall–Kier alpha value is -1.39. The van der Waals surface area contributed by atoms with E-state index in [1.54, 1.807) is 0 Å². The summed E-state index contributed by atoms with van der Waals surface area (Å²) in [6.45, 7) is 2.09. The summed E-state index contributed by atoms with van der Waals surface area (Å²) in [7, 11) is 0. The largest absolute Gasteiger partial charge is 0.393 e. The van der Waals surface area contributed by atoms with E-state index in [1.165, 1.54) is 5.56 Å². The number of hydrogen-bond donors (Lipinski definition) is 3. The molecule has 25 heavy (non-hydrogen) atoms. The second-order valence-corrected chi connectivity index (χ2v) is 7.76. The number of hydrogen-bond acceptors (Lipinski definition) is 3.